The van der Waals surface area contributed by atoms with Crippen LogP contribution in [0.5, 0.6) is 0 Å². The largest absolute Gasteiger partial charge is 0.454 e. The molecule has 0 saturated carbocycles. The highest BCUT2D eigenvalue weighted by Crippen LogP contribution is 2.38. The number of carbonyl (C=O) groups excluding carboxylic acids is 1. The molecule has 0 amide bonds. The molecule has 5 heteroatoms. The first-order valence-corrected chi connectivity index (χ1v) is 13.0. The Morgan fingerprint density at radius 3 is 2.24 bits per heavy atom. The summed E-state index contributed by atoms with van der Waals surface area (Å²) < 4.78 is 19.5. The smallest absolute Gasteiger partial charge is 0.338 e. The van der Waals surface area contributed by atoms with Gasteiger partial charge in [0.1, 0.15) is 11.9 Å². The van der Waals surface area contributed by atoms with Crippen LogP contribution in [0.25, 0.3) is 0 Å². The molecule has 0 radical (unpaired) electrons. The summed E-state index contributed by atoms with van der Waals surface area (Å²) in [4.78, 5) is 12.9. The summed E-state index contributed by atoms with van der Waals surface area (Å²) in [6.07, 6.45) is -0.496. The van der Waals surface area contributed by atoms with E-state index in [4.69, 9.17) is 16.3 Å². The Labute approximate surface area is 177 Å². The molecule has 2 unspecified atom stereocenters. The minimum absolute atomic E-state index is 0.0542. The summed E-state index contributed by atoms with van der Waals surface area (Å²) in [6.45, 7) is 6.63. The first-order chi connectivity index (χ1) is 13.8. The predicted octanol–water partition coefficient (Wildman–Crippen LogP) is 6.38. The van der Waals surface area contributed by atoms with Crippen LogP contribution in [-0.4, -0.2) is 14.0 Å². The number of hydrogen-bond acceptors (Lipinski definition) is 2. The maximum atomic E-state index is 13.5. The van der Waals surface area contributed by atoms with Gasteiger partial charge in [0, 0.05) is 5.02 Å². The van der Waals surface area contributed by atoms with Crippen LogP contribution in [0.2, 0.25) is 23.7 Å². The highest BCUT2D eigenvalue weighted by Gasteiger charge is 2.38. The molecule has 0 spiro atoms. The van der Waals surface area contributed by atoms with Gasteiger partial charge < -0.3 is 4.74 Å². The molecule has 0 bridgehead atoms. The van der Waals surface area contributed by atoms with Gasteiger partial charge in [-0.1, -0.05) is 85.3 Å². The first-order valence-electron chi connectivity index (χ1n) is 9.56. The molecular weight excluding hydrogens is 403 g/mol. The van der Waals surface area contributed by atoms with E-state index in [-0.39, 0.29) is 11.4 Å². The zero-order chi connectivity index (χ0) is 21.0. The Morgan fingerprint density at radius 2 is 1.62 bits per heavy atom. The number of carbonyl (C=O) groups is 1. The topological polar surface area (TPSA) is 26.3 Å². The second-order valence-corrected chi connectivity index (χ2v) is 13.1. The van der Waals surface area contributed by atoms with Crippen molar-refractivity contribution < 1.29 is 13.9 Å². The van der Waals surface area contributed by atoms with Gasteiger partial charge in [0.05, 0.1) is 13.6 Å². The van der Waals surface area contributed by atoms with Gasteiger partial charge in [0.25, 0.3) is 0 Å². The highest BCUT2D eigenvalue weighted by molar-refractivity contribution is 6.91. The van der Waals surface area contributed by atoms with E-state index >= 15 is 0 Å². The third-order valence-electron chi connectivity index (χ3n) is 5.60. The van der Waals surface area contributed by atoms with E-state index in [0.29, 0.717) is 10.6 Å². The Bertz CT molecular complexity index is 974. The van der Waals surface area contributed by atoms with E-state index in [1.54, 1.807) is 36.4 Å². The van der Waals surface area contributed by atoms with E-state index in [0.717, 1.165) is 5.56 Å². The van der Waals surface area contributed by atoms with Crippen LogP contribution in [0.1, 0.15) is 28.9 Å². The molecule has 2 atom stereocenters. The third-order valence-corrected chi connectivity index (χ3v) is 10.2. The fourth-order valence-corrected chi connectivity index (χ4v) is 6.20. The minimum atomic E-state index is -2.02. The van der Waals surface area contributed by atoms with E-state index in [1.165, 1.54) is 17.3 Å². The average molecular weight is 427 g/mol. The van der Waals surface area contributed by atoms with Crippen molar-refractivity contribution in [3.63, 3.8) is 0 Å². The summed E-state index contributed by atoms with van der Waals surface area (Å²) in [5.41, 5.74) is 1.24. The zero-order valence-electron chi connectivity index (χ0n) is 16.7. The standard InChI is InChI=1S/C24H24ClFO2Si/c1-17(29(2,3)22-10-5-4-6-11-22)23(18-12-14-21(26)15-13-18)28-24(27)19-8-7-9-20(25)16-19/h4-17,23H,1-3H3. The van der Waals surface area contributed by atoms with Crippen LogP contribution in [0.4, 0.5) is 4.39 Å². The van der Waals surface area contributed by atoms with Crippen molar-refractivity contribution in [1.29, 1.82) is 0 Å². The lowest BCUT2D eigenvalue weighted by Gasteiger charge is -2.36. The molecular formula is C24H24ClFO2Si. The molecule has 0 aliphatic rings. The number of esters is 1. The molecule has 0 aliphatic heterocycles. The van der Waals surface area contributed by atoms with Crippen molar-refractivity contribution in [1.82, 2.24) is 0 Å². The van der Waals surface area contributed by atoms with Gasteiger partial charge in [0.15, 0.2) is 0 Å². The number of benzene rings is 3. The van der Waals surface area contributed by atoms with Crippen molar-refractivity contribution in [2.45, 2.75) is 31.7 Å². The average Bonchev–Trinajstić information content (AvgIpc) is 2.72. The molecule has 150 valence electrons. The lowest BCUT2D eigenvalue weighted by molar-refractivity contribution is 0.0284. The quantitative estimate of drug-likeness (QED) is 0.337. The number of halogens is 2. The van der Waals surface area contributed by atoms with Crippen molar-refractivity contribution >= 4 is 30.8 Å². The molecule has 0 aliphatic carbocycles. The summed E-state index contributed by atoms with van der Waals surface area (Å²) >= 11 is 6.03. The monoisotopic (exact) mass is 426 g/mol. The lowest BCUT2D eigenvalue weighted by atomic mass is 10.1. The normalized spacial score (nSPS) is 13.6. The first kappa shape index (κ1) is 21.3. The maximum Gasteiger partial charge on any atom is 0.338 e. The van der Waals surface area contributed by atoms with Crippen molar-refractivity contribution in [3.8, 4) is 0 Å². The molecule has 3 aromatic carbocycles. The van der Waals surface area contributed by atoms with Crippen LogP contribution in [0.15, 0.2) is 78.9 Å². The predicted molar refractivity (Wildman–Crippen MR) is 119 cm³/mol. The van der Waals surface area contributed by atoms with Gasteiger partial charge in [-0.15, -0.1) is 0 Å². The van der Waals surface area contributed by atoms with Gasteiger partial charge in [-0.25, -0.2) is 9.18 Å². The van der Waals surface area contributed by atoms with E-state index in [9.17, 15) is 9.18 Å². The van der Waals surface area contributed by atoms with Gasteiger partial charge in [-0.2, -0.15) is 0 Å². The van der Waals surface area contributed by atoms with Gasteiger partial charge >= 0.3 is 5.97 Å². The van der Waals surface area contributed by atoms with Gasteiger partial charge in [-0.3, -0.25) is 0 Å². The van der Waals surface area contributed by atoms with Crippen LogP contribution in [0, 0.1) is 5.82 Å². The Balaban J connectivity index is 1.96. The molecule has 2 nitrogen and oxygen atoms in total. The minimum Gasteiger partial charge on any atom is -0.454 e. The summed E-state index contributed by atoms with van der Waals surface area (Å²) in [5.74, 6) is -0.757. The highest BCUT2D eigenvalue weighted by atomic mass is 35.5. The molecule has 0 fully saturated rings. The van der Waals surface area contributed by atoms with Crippen molar-refractivity contribution in [2.75, 3.05) is 0 Å². The Kier molecular flexibility index (Phi) is 6.55. The van der Waals surface area contributed by atoms with Gasteiger partial charge in [-0.05, 0) is 41.4 Å². The van der Waals surface area contributed by atoms with Crippen LogP contribution in [0.3, 0.4) is 0 Å². The molecule has 0 heterocycles. The summed E-state index contributed by atoms with van der Waals surface area (Å²) in [7, 11) is -2.02. The zero-order valence-corrected chi connectivity index (χ0v) is 18.5. The lowest BCUT2D eigenvalue weighted by Crippen LogP contribution is -2.47. The number of hydrogen-bond donors (Lipinski definition) is 0. The number of ether oxygens (including phenoxy) is 1. The summed E-state index contributed by atoms with van der Waals surface area (Å²) in [5, 5.41) is 1.75. The van der Waals surface area contributed by atoms with Crippen molar-refractivity contribution in [2.24, 2.45) is 0 Å². The second-order valence-electron chi connectivity index (χ2n) is 7.76. The summed E-state index contributed by atoms with van der Waals surface area (Å²) in [6, 6.07) is 23.2. The van der Waals surface area contributed by atoms with E-state index < -0.39 is 20.1 Å². The molecule has 3 rings (SSSR count). The maximum absolute atomic E-state index is 13.5. The molecule has 0 saturated heterocycles. The fourth-order valence-electron chi connectivity index (χ4n) is 3.42. The van der Waals surface area contributed by atoms with Crippen LogP contribution >= 0.6 is 11.6 Å². The Hall–Kier alpha value is -2.43. The second kappa shape index (κ2) is 8.93. The third kappa shape index (κ3) is 4.95. The Morgan fingerprint density at radius 1 is 0.966 bits per heavy atom. The molecule has 3 aromatic rings. The SMILES string of the molecule is CC(C(OC(=O)c1cccc(Cl)c1)c1ccc(F)cc1)[Si](C)(C)c1ccccc1. The number of rotatable bonds is 6. The van der Waals surface area contributed by atoms with Crippen molar-refractivity contribution in [3.05, 3.63) is 101 Å². The van der Waals surface area contributed by atoms with Crippen LogP contribution in [-0.2, 0) is 4.74 Å². The molecule has 0 N–H and O–H groups in total. The molecule has 29 heavy (non-hydrogen) atoms. The van der Waals surface area contributed by atoms with E-state index in [2.05, 4.69) is 32.2 Å². The molecule has 0 aromatic heterocycles. The van der Waals surface area contributed by atoms with Crippen LogP contribution < -0.4 is 5.19 Å². The fraction of sp³-hybridized carbons (Fsp3) is 0.208. The van der Waals surface area contributed by atoms with E-state index in [1.807, 2.05) is 18.2 Å². The van der Waals surface area contributed by atoms with Gasteiger partial charge in [0.2, 0.25) is 0 Å².